The van der Waals surface area contributed by atoms with Gasteiger partial charge in [0.25, 0.3) is 5.95 Å². The molecule has 0 radical (unpaired) electrons. The minimum atomic E-state index is -0.370. The zero-order valence-electron chi connectivity index (χ0n) is 8.39. The maximum Gasteiger partial charge on any atom is 1.00 e. The molecular formula is C7H8NNaO4. The van der Waals surface area contributed by atoms with Crippen molar-refractivity contribution in [2.45, 2.75) is 6.92 Å². The molecule has 0 spiro atoms. The van der Waals surface area contributed by atoms with E-state index in [9.17, 15) is 4.79 Å². The van der Waals surface area contributed by atoms with Crippen molar-refractivity contribution in [2.75, 3.05) is 0 Å². The maximum absolute atomic E-state index is 10.2. The number of esters is 1. The SMILES string of the molecule is C1=NO1.CC(=O)Oc1ccco1.[H-].[Na+]. The summed E-state index contributed by atoms with van der Waals surface area (Å²) in [7, 11) is 0. The number of nitrogens with zero attached hydrogens (tertiary/aromatic N) is 1. The molecule has 0 bridgehead atoms. The molecule has 0 unspecified atom stereocenters. The van der Waals surface area contributed by atoms with Crippen LogP contribution in [-0.4, -0.2) is 12.4 Å². The molecule has 6 heteroatoms. The Bertz CT molecular complexity index is 271. The van der Waals surface area contributed by atoms with Gasteiger partial charge < -0.3 is 15.4 Å². The molecule has 0 aliphatic carbocycles. The number of hydrogen-bond donors (Lipinski definition) is 0. The van der Waals surface area contributed by atoms with Crippen molar-refractivity contribution in [1.82, 2.24) is 0 Å². The van der Waals surface area contributed by atoms with Crippen LogP contribution in [0, 0.1) is 0 Å². The number of carbonyl (C=O) groups is 1. The summed E-state index contributed by atoms with van der Waals surface area (Å²) >= 11 is 0. The zero-order chi connectivity index (χ0) is 8.81. The van der Waals surface area contributed by atoms with Gasteiger partial charge in [0.15, 0.2) is 0 Å². The third-order valence-electron chi connectivity index (χ3n) is 0.845. The Morgan fingerprint density at radius 2 is 2.31 bits per heavy atom. The van der Waals surface area contributed by atoms with E-state index in [1.54, 1.807) is 12.1 Å². The average molecular weight is 193 g/mol. The van der Waals surface area contributed by atoms with Gasteiger partial charge in [-0.05, 0) is 11.2 Å². The van der Waals surface area contributed by atoms with Crippen molar-refractivity contribution in [3.05, 3.63) is 18.4 Å². The molecule has 0 N–H and O–H groups in total. The summed E-state index contributed by atoms with van der Waals surface area (Å²) in [6, 6.07) is 3.22. The van der Waals surface area contributed by atoms with Crippen molar-refractivity contribution in [3.63, 3.8) is 0 Å². The molecule has 5 nitrogen and oxygen atoms in total. The van der Waals surface area contributed by atoms with E-state index in [0.29, 0.717) is 0 Å². The fraction of sp³-hybridized carbons (Fsp3) is 0.143. The van der Waals surface area contributed by atoms with Crippen LogP contribution in [0.3, 0.4) is 0 Å². The van der Waals surface area contributed by atoms with Gasteiger partial charge in [-0.25, -0.2) is 0 Å². The predicted molar refractivity (Wildman–Crippen MR) is 40.7 cm³/mol. The molecule has 1 aliphatic rings. The fourth-order valence-electron chi connectivity index (χ4n) is 0.463. The van der Waals surface area contributed by atoms with Crippen molar-refractivity contribution in [1.29, 1.82) is 0 Å². The molecule has 0 fully saturated rings. The first kappa shape index (κ1) is 12.2. The van der Waals surface area contributed by atoms with Gasteiger partial charge in [0.2, 0.25) is 6.40 Å². The Morgan fingerprint density at radius 3 is 2.62 bits per heavy atom. The Morgan fingerprint density at radius 1 is 1.69 bits per heavy atom. The van der Waals surface area contributed by atoms with Gasteiger partial charge in [0.1, 0.15) is 0 Å². The van der Waals surface area contributed by atoms with E-state index in [4.69, 9.17) is 4.42 Å². The van der Waals surface area contributed by atoms with Gasteiger partial charge in [-0.2, -0.15) is 0 Å². The van der Waals surface area contributed by atoms with Gasteiger partial charge in [-0.1, -0.05) is 0 Å². The first-order valence-corrected chi connectivity index (χ1v) is 3.18. The summed E-state index contributed by atoms with van der Waals surface area (Å²) in [6.07, 6.45) is 2.82. The quantitative estimate of drug-likeness (QED) is 0.393. The summed E-state index contributed by atoms with van der Waals surface area (Å²) in [6.45, 7) is 1.32. The second-order valence-electron chi connectivity index (χ2n) is 1.84. The van der Waals surface area contributed by atoms with Crippen molar-refractivity contribution in [3.8, 4) is 5.95 Å². The van der Waals surface area contributed by atoms with E-state index in [0.717, 1.165) is 0 Å². The fourth-order valence-corrected chi connectivity index (χ4v) is 0.463. The summed E-state index contributed by atoms with van der Waals surface area (Å²) in [5.74, 6) is -0.132. The maximum atomic E-state index is 10.2. The molecule has 1 aromatic heterocycles. The molecule has 0 saturated heterocycles. The number of carbonyl (C=O) groups excluding carboxylic acids is 1. The van der Waals surface area contributed by atoms with Gasteiger partial charge in [0.05, 0.1) is 6.26 Å². The van der Waals surface area contributed by atoms with E-state index in [-0.39, 0.29) is 42.9 Å². The third kappa shape index (κ3) is 7.58. The molecule has 1 aliphatic heterocycles. The summed E-state index contributed by atoms with van der Waals surface area (Å²) in [4.78, 5) is 14.2. The monoisotopic (exact) mass is 193 g/mol. The Kier molecular flexibility index (Phi) is 6.30. The summed E-state index contributed by atoms with van der Waals surface area (Å²) in [5, 5.41) is 3.12. The van der Waals surface area contributed by atoms with Crippen LogP contribution in [0.15, 0.2) is 28.0 Å². The van der Waals surface area contributed by atoms with Crippen LogP contribution < -0.4 is 34.3 Å². The van der Waals surface area contributed by atoms with E-state index in [2.05, 4.69) is 14.7 Å². The van der Waals surface area contributed by atoms with E-state index in [1.807, 2.05) is 0 Å². The number of furan rings is 1. The van der Waals surface area contributed by atoms with Crippen LogP contribution in [-0.2, 0) is 9.63 Å². The molecule has 66 valence electrons. The number of rotatable bonds is 1. The van der Waals surface area contributed by atoms with Crippen molar-refractivity contribution in [2.24, 2.45) is 5.16 Å². The van der Waals surface area contributed by atoms with Crippen LogP contribution in [0.2, 0.25) is 0 Å². The Balaban J connectivity index is 0. The minimum Gasteiger partial charge on any atom is -1.00 e. The first-order chi connectivity index (χ1) is 5.79. The number of oxime groups is 1. The van der Waals surface area contributed by atoms with Crippen LogP contribution in [0.1, 0.15) is 8.35 Å². The molecule has 2 rings (SSSR count). The minimum absolute atomic E-state index is 0. The molecule has 0 aromatic carbocycles. The number of ether oxygens (including phenoxy) is 1. The van der Waals surface area contributed by atoms with Crippen molar-refractivity contribution >= 4 is 12.4 Å². The third-order valence-corrected chi connectivity index (χ3v) is 0.845. The predicted octanol–water partition coefficient (Wildman–Crippen LogP) is -1.72. The van der Waals surface area contributed by atoms with Crippen LogP contribution in [0.4, 0.5) is 0 Å². The van der Waals surface area contributed by atoms with Gasteiger partial charge in [0, 0.05) is 13.0 Å². The smallest absolute Gasteiger partial charge is 1.00 e. The average Bonchev–Trinajstić information content (AvgIpc) is 2.80. The standard InChI is InChI=1S/C6H6O3.CHNO.Na.H/c1-5(7)9-6-3-2-4-8-6;1-2-3-1;;/h2-4H,1H3;1H;;/q;;+1;-1. The van der Waals surface area contributed by atoms with Gasteiger partial charge in [-0.3, -0.25) is 4.79 Å². The molecular weight excluding hydrogens is 185 g/mol. The van der Waals surface area contributed by atoms with E-state index >= 15 is 0 Å². The molecule has 0 amide bonds. The molecule has 0 saturated carbocycles. The first-order valence-electron chi connectivity index (χ1n) is 3.18. The topological polar surface area (TPSA) is 64.3 Å². The Labute approximate surface area is 98.5 Å². The largest absolute Gasteiger partial charge is 1.00 e. The van der Waals surface area contributed by atoms with Gasteiger partial charge >= 0.3 is 35.5 Å². The molecule has 2 heterocycles. The van der Waals surface area contributed by atoms with Crippen molar-refractivity contribution < 1.29 is 49.8 Å². The molecule has 1 aromatic rings. The van der Waals surface area contributed by atoms with Crippen LogP contribution >= 0.6 is 0 Å². The summed E-state index contributed by atoms with van der Waals surface area (Å²) in [5.41, 5.74) is 0. The van der Waals surface area contributed by atoms with E-state index < -0.39 is 0 Å². The second kappa shape index (κ2) is 6.71. The van der Waals surface area contributed by atoms with E-state index in [1.165, 1.54) is 19.6 Å². The zero-order valence-corrected chi connectivity index (χ0v) is 9.39. The van der Waals surface area contributed by atoms with Crippen LogP contribution in [0.5, 0.6) is 5.95 Å². The van der Waals surface area contributed by atoms with Gasteiger partial charge in [-0.15, -0.1) is 0 Å². The number of hydrogen-bond acceptors (Lipinski definition) is 5. The molecule has 13 heavy (non-hydrogen) atoms. The molecule has 0 atom stereocenters. The van der Waals surface area contributed by atoms with Crippen LogP contribution in [0.25, 0.3) is 0 Å². The Hall–Kier alpha value is -0.780. The normalized spacial score (nSPS) is 9.92. The summed E-state index contributed by atoms with van der Waals surface area (Å²) < 4.78 is 9.25. The second-order valence-corrected chi connectivity index (χ2v) is 1.84.